The molecular formula is C17H22N2O2S. The smallest absolute Gasteiger partial charge is 0.213 e. The molecule has 0 spiro atoms. The summed E-state index contributed by atoms with van der Waals surface area (Å²) in [6, 6.07) is 18.1. The van der Waals surface area contributed by atoms with Gasteiger partial charge in [-0.1, -0.05) is 61.5 Å². The summed E-state index contributed by atoms with van der Waals surface area (Å²) < 4.78 is 22.1. The highest BCUT2D eigenvalue weighted by atomic mass is 32.2. The molecule has 0 bridgehead atoms. The highest BCUT2D eigenvalue weighted by Gasteiger charge is 2.08. The van der Waals surface area contributed by atoms with Crippen LogP contribution in [-0.4, -0.2) is 8.42 Å². The van der Waals surface area contributed by atoms with Gasteiger partial charge in [0.15, 0.2) is 0 Å². The lowest BCUT2D eigenvalue weighted by Crippen LogP contribution is -2.20. The van der Waals surface area contributed by atoms with Gasteiger partial charge in [0.05, 0.1) is 5.75 Å². The number of nitrogens with one attached hydrogen (secondary N) is 1. The molecule has 1 atom stereocenters. The fraction of sp³-hybridized carbons (Fsp3) is 0.294. The first-order valence-electron chi connectivity index (χ1n) is 7.34. The third-order valence-electron chi connectivity index (χ3n) is 3.55. The molecule has 3 N–H and O–H groups in total. The molecule has 0 saturated carbocycles. The Morgan fingerprint density at radius 3 is 2.14 bits per heavy atom. The second kappa shape index (κ2) is 7.54. The van der Waals surface area contributed by atoms with Crippen molar-refractivity contribution in [2.75, 3.05) is 0 Å². The molecule has 2 aromatic rings. The number of rotatable bonds is 7. The van der Waals surface area contributed by atoms with Gasteiger partial charge in [0.2, 0.25) is 10.0 Å². The van der Waals surface area contributed by atoms with Crippen molar-refractivity contribution in [3.05, 3.63) is 71.3 Å². The van der Waals surface area contributed by atoms with Crippen LogP contribution in [0.4, 0.5) is 0 Å². The van der Waals surface area contributed by atoms with Crippen molar-refractivity contribution in [2.45, 2.75) is 31.7 Å². The Hall–Kier alpha value is -1.69. The third kappa shape index (κ3) is 5.26. The Labute approximate surface area is 132 Å². The van der Waals surface area contributed by atoms with Gasteiger partial charge in [-0.05, 0) is 23.1 Å². The van der Waals surface area contributed by atoms with Crippen LogP contribution in [0.2, 0.25) is 0 Å². The van der Waals surface area contributed by atoms with Gasteiger partial charge in [0.1, 0.15) is 0 Å². The van der Waals surface area contributed by atoms with Gasteiger partial charge in [-0.15, -0.1) is 0 Å². The third-order valence-corrected chi connectivity index (χ3v) is 4.29. The highest BCUT2D eigenvalue weighted by molar-refractivity contribution is 7.88. The summed E-state index contributed by atoms with van der Waals surface area (Å²) >= 11 is 0. The minimum absolute atomic E-state index is 0.123. The predicted molar refractivity (Wildman–Crippen MR) is 89.6 cm³/mol. The van der Waals surface area contributed by atoms with Gasteiger partial charge in [0, 0.05) is 12.6 Å². The molecule has 0 aliphatic rings. The van der Waals surface area contributed by atoms with Crippen molar-refractivity contribution in [1.29, 1.82) is 0 Å². The average molecular weight is 318 g/mol. The Kier molecular flexibility index (Phi) is 5.71. The lowest BCUT2D eigenvalue weighted by molar-refractivity contribution is 0.519. The van der Waals surface area contributed by atoms with Gasteiger partial charge in [-0.2, -0.15) is 0 Å². The summed E-state index contributed by atoms with van der Waals surface area (Å²) in [6.45, 7) is 2.89. The molecule has 0 aliphatic carbocycles. The minimum Gasteiger partial charge on any atom is -0.306 e. The molecule has 4 nitrogen and oxygen atoms in total. The topological polar surface area (TPSA) is 72.2 Å². The zero-order chi connectivity index (χ0) is 16.0. The maximum Gasteiger partial charge on any atom is 0.213 e. The van der Waals surface area contributed by atoms with Crippen LogP contribution in [0, 0.1) is 0 Å². The number of hydrogen-bond acceptors (Lipinski definition) is 3. The van der Waals surface area contributed by atoms with Crippen molar-refractivity contribution in [3.8, 4) is 0 Å². The molecule has 0 unspecified atom stereocenters. The molecule has 0 radical (unpaired) electrons. The zero-order valence-electron chi connectivity index (χ0n) is 12.7. The number of sulfonamides is 1. The first-order chi connectivity index (χ1) is 10.5. The van der Waals surface area contributed by atoms with Crippen LogP contribution in [0.25, 0.3) is 0 Å². The van der Waals surface area contributed by atoms with Crippen LogP contribution < -0.4 is 10.5 Å². The molecule has 22 heavy (non-hydrogen) atoms. The lowest BCUT2D eigenvalue weighted by Gasteiger charge is -2.17. The van der Waals surface area contributed by atoms with E-state index in [0.717, 1.165) is 18.5 Å². The summed E-state index contributed by atoms with van der Waals surface area (Å²) in [6.07, 6.45) is 1.01. The van der Waals surface area contributed by atoms with Crippen molar-refractivity contribution in [2.24, 2.45) is 5.14 Å². The molecule has 2 rings (SSSR count). The van der Waals surface area contributed by atoms with E-state index in [4.69, 9.17) is 5.14 Å². The average Bonchev–Trinajstić information content (AvgIpc) is 2.49. The fourth-order valence-electron chi connectivity index (χ4n) is 2.41. The Balaban J connectivity index is 1.96. The molecule has 0 aromatic heterocycles. The molecule has 0 aliphatic heterocycles. The van der Waals surface area contributed by atoms with E-state index in [9.17, 15) is 8.42 Å². The van der Waals surface area contributed by atoms with Gasteiger partial charge >= 0.3 is 0 Å². The molecule has 2 aromatic carbocycles. The van der Waals surface area contributed by atoms with Crippen LogP contribution in [-0.2, 0) is 22.3 Å². The van der Waals surface area contributed by atoms with E-state index < -0.39 is 10.0 Å². The lowest BCUT2D eigenvalue weighted by atomic mass is 10.0. The maximum atomic E-state index is 11.1. The molecule has 0 amide bonds. The van der Waals surface area contributed by atoms with E-state index in [1.165, 1.54) is 5.56 Å². The summed E-state index contributed by atoms with van der Waals surface area (Å²) in [5.74, 6) is -0.123. The van der Waals surface area contributed by atoms with Crippen LogP contribution in [0.1, 0.15) is 36.1 Å². The summed E-state index contributed by atoms with van der Waals surface area (Å²) in [4.78, 5) is 0. The normalized spacial score (nSPS) is 13.0. The first kappa shape index (κ1) is 16.7. The van der Waals surface area contributed by atoms with Gasteiger partial charge < -0.3 is 5.32 Å². The quantitative estimate of drug-likeness (QED) is 0.824. The number of hydrogen-bond donors (Lipinski definition) is 2. The van der Waals surface area contributed by atoms with Gasteiger partial charge in [0.25, 0.3) is 0 Å². The van der Waals surface area contributed by atoms with Crippen molar-refractivity contribution in [1.82, 2.24) is 5.32 Å². The minimum atomic E-state index is -3.47. The predicted octanol–water partition coefficient (Wildman–Crippen LogP) is 2.72. The van der Waals surface area contributed by atoms with Crippen molar-refractivity contribution >= 4 is 10.0 Å². The van der Waals surface area contributed by atoms with Crippen LogP contribution >= 0.6 is 0 Å². The number of benzene rings is 2. The van der Waals surface area contributed by atoms with Crippen LogP contribution in [0.3, 0.4) is 0 Å². The molecule has 0 fully saturated rings. The summed E-state index contributed by atoms with van der Waals surface area (Å²) in [5.41, 5.74) is 3.10. The van der Waals surface area contributed by atoms with Crippen LogP contribution in [0.15, 0.2) is 54.6 Å². The molecule has 5 heteroatoms. The summed E-state index contributed by atoms with van der Waals surface area (Å²) in [7, 11) is -3.47. The monoisotopic (exact) mass is 318 g/mol. The maximum absolute atomic E-state index is 11.1. The molecule has 118 valence electrons. The van der Waals surface area contributed by atoms with Gasteiger partial charge in [-0.25, -0.2) is 13.6 Å². The Bertz CT molecular complexity index is 682. The van der Waals surface area contributed by atoms with E-state index in [2.05, 4.69) is 24.4 Å². The second-order valence-corrected chi connectivity index (χ2v) is 6.99. The summed E-state index contributed by atoms with van der Waals surface area (Å²) in [5, 5.41) is 8.57. The molecule has 0 saturated heterocycles. The van der Waals surface area contributed by atoms with E-state index in [1.54, 1.807) is 0 Å². The van der Waals surface area contributed by atoms with Crippen LogP contribution in [0.5, 0.6) is 0 Å². The fourth-order valence-corrected chi connectivity index (χ4v) is 3.07. The largest absolute Gasteiger partial charge is 0.306 e. The first-order valence-corrected chi connectivity index (χ1v) is 9.06. The highest BCUT2D eigenvalue weighted by Crippen LogP contribution is 2.17. The van der Waals surface area contributed by atoms with Crippen molar-refractivity contribution in [3.63, 3.8) is 0 Å². The van der Waals surface area contributed by atoms with E-state index >= 15 is 0 Å². The van der Waals surface area contributed by atoms with E-state index in [1.807, 2.05) is 42.5 Å². The van der Waals surface area contributed by atoms with E-state index in [-0.39, 0.29) is 5.75 Å². The van der Waals surface area contributed by atoms with Crippen molar-refractivity contribution < 1.29 is 8.42 Å². The molecule has 0 heterocycles. The Morgan fingerprint density at radius 1 is 1.00 bits per heavy atom. The SMILES string of the molecule is CC[C@@H](NCc1ccc(CS(N)(=O)=O)cc1)c1ccccc1. The molecular weight excluding hydrogens is 296 g/mol. The van der Waals surface area contributed by atoms with E-state index in [0.29, 0.717) is 11.6 Å². The second-order valence-electron chi connectivity index (χ2n) is 5.38. The standard InChI is InChI=1S/C17H22N2O2S/c1-2-17(16-6-4-3-5-7-16)19-12-14-8-10-15(11-9-14)13-22(18,20)21/h3-11,17,19H,2,12-13H2,1H3,(H2,18,20,21)/t17-/m1/s1. The Morgan fingerprint density at radius 2 is 1.59 bits per heavy atom. The zero-order valence-corrected chi connectivity index (χ0v) is 13.5. The van der Waals surface area contributed by atoms with Gasteiger partial charge in [-0.3, -0.25) is 0 Å². The number of primary sulfonamides is 1. The number of nitrogens with two attached hydrogens (primary N) is 1.